The van der Waals surface area contributed by atoms with Crippen LogP contribution in [0.3, 0.4) is 0 Å². The molecule has 2 rings (SSSR count). The maximum Gasteiger partial charge on any atom is 0.209 e. The van der Waals surface area contributed by atoms with Gasteiger partial charge in [0.2, 0.25) is 6.41 Å². The van der Waals surface area contributed by atoms with Gasteiger partial charge in [-0.3, -0.25) is 9.20 Å². The maximum atomic E-state index is 10.4. The van der Waals surface area contributed by atoms with Gasteiger partial charge in [-0.15, -0.1) is 11.3 Å². The second kappa shape index (κ2) is 3.18. The van der Waals surface area contributed by atoms with Crippen LogP contribution in [-0.4, -0.2) is 27.7 Å². The molecule has 0 N–H and O–H groups in total. The molecule has 0 bridgehead atoms. The molecule has 0 spiro atoms. The molecule has 2 aromatic rings. The lowest BCUT2D eigenvalue weighted by Crippen LogP contribution is -2.16. The van der Waals surface area contributed by atoms with E-state index in [1.807, 2.05) is 22.2 Å². The molecule has 0 unspecified atom stereocenters. The molecule has 0 saturated carbocycles. The highest BCUT2D eigenvalue weighted by molar-refractivity contribution is 7.15. The van der Waals surface area contributed by atoms with Crippen molar-refractivity contribution in [2.45, 2.75) is 6.54 Å². The monoisotopic (exact) mass is 195 g/mol. The fraction of sp³-hybridized carbons (Fsp3) is 0.250. The zero-order valence-electron chi connectivity index (χ0n) is 7.17. The average Bonchev–Trinajstić information content (AvgIpc) is 2.69. The van der Waals surface area contributed by atoms with Crippen molar-refractivity contribution in [1.29, 1.82) is 0 Å². The number of rotatable bonds is 3. The summed E-state index contributed by atoms with van der Waals surface area (Å²) in [5, 5.41) is 2.00. The number of nitrogens with zero attached hydrogens (tertiary/aromatic N) is 3. The van der Waals surface area contributed by atoms with Gasteiger partial charge in [0, 0.05) is 18.6 Å². The Morgan fingerprint density at radius 3 is 3.38 bits per heavy atom. The van der Waals surface area contributed by atoms with Crippen molar-refractivity contribution >= 4 is 22.6 Å². The minimum atomic E-state index is 0.550. The number of imidazole rings is 1. The van der Waals surface area contributed by atoms with E-state index >= 15 is 0 Å². The van der Waals surface area contributed by atoms with Crippen LogP contribution in [0.25, 0.3) is 4.83 Å². The predicted octanol–water partition coefficient (Wildman–Crippen LogP) is 0.984. The summed E-state index contributed by atoms with van der Waals surface area (Å²) in [6.45, 7) is 0.550. The highest BCUT2D eigenvalue weighted by Crippen LogP contribution is 2.13. The van der Waals surface area contributed by atoms with Gasteiger partial charge in [-0.25, -0.2) is 4.98 Å². The van der Waals surface area contributed by atoms with Gasteiger partial charge in [0.1, 0.15) is 10.7 Å². The smallest absolute Gasteiger partial charge is 0.209 e. The molecule has 0 atom stereocenters. The number of hydrogen-bond acceptors (Lipinski definition) is 3. The highest BCUT2D eigenvalue weighted by atomic mass is 32.1. The fourth-order valence-corrected chi connectivity index (χ4v) is 1.88. The number of carbonyl (C=O) groups is 1. The molecule has 13 heavy (non-hydrogen) atoms. The normalized spacial score (nSPS) is 10.5. The first kappa shape index (κ1) is 8.25. The molecule has 0 saturated heterocycles. The van der Waals surface area contributed by atoms with Gasteiger partial charge < -0.3 is 4.90 Å². The lowest BCUT2D eigenvalue weighted by atomic mass is 10.5. The van der Waals surface area contributed by atoms with E-state index in [9.17, 15) is 4.79 Å². The topological polar surface area (TPSA) is 37.6 Å². The second-order valence-corrected chi connectivity index (χ2v) is 3.73. The van der Waals surface area contributed by atoms with E-state index in [4.69, 9.17) is 0 Å². The van der Waals surface area contributed by atoms with E-state index in [-0.39, 0.29) is 0 Å². The van der Waals surface area contributed by atoms with E-state index in [1.54, 1.807) is 23.3 Å². The van der Waals surface area contributed by atoms with Crippen LogP contribution in [0.4, 0.5) is 0 Å². The number of thiazole rings is 1. The molecule has 2 heterocycles. The first-order valence-corrected chi connectivity index (χ1v) is 4.74. The van der Waals surface area contributed by atoms with E-state index in [1.165, 1.54) is 0 Å². The van der Waals surface area contributed by atoms with Crippen molar-refractivity contribution in [3.8, 4) is 0 Å². The van der Waals surface area contributed by atoms with E-state index < -0.39 is 0 Å². The summed E-state index contributed by atoms with van der Waals surface area (Å²) in [5.41, 5.74) is 0. The van der Waals surface area contributed by atoms with Crippen LogP contribution >= 0.6 is 11.3 Å². The minimum absolute atomic E-state index is 0.550. The van der Waals surface area contributed by atoms with Gasteiger partial charge in [-0.1, -0.05) is 0 Å². The number of hydrogen-bond donors (Lipinski definition) is 0. The van der Waals surface area contributed by atoms with Crippen LogP contribution in [0, 0.1) is 0 Å². The Morgan fingerprint density at radius 1 is 1.77 bits per heavy atom. The first-order chi connectivity index (χ1) is 6.31. The van der Waals surface area contributed by atoms with E-state index in [0.29, 0.717) is 6.54 Å². The van der Waals surface area contributed by atoms with Crippen LogP contribution in [-0.2, 0) is 11.3 Å². The molecule has 0 aliphatic rings. The Bertz CT molecular complexity index is 420. The summed E-state index contributed by atoms with van der Waals surface area (Å²) in [5.74, 6) is 0.894. The fourth-order valence-electron chi connectivity index (χ4n) is 1.17. The lowest BCUT2D eigenvalue weighted by molar-refractivity contribution is -0.117. The van der Waals surface area contributed by atoms with Crippen molar-refractivity contribution < 1.29 is 4.79 Å². The van der Waals surface area contributed by atoms with E-state index in [0.717, 1.165) is 17.1 Å². The van der Waals surface area contributed by atoms with Gasteiger partial charge >= 0.3 is 0 Å². The van der Waals surface area contributed by atoms with Crippen LogP contribution in [0.15, 0.2) is 17.8 Å². The number of amides is 1. The van der Waals surface area contributed by atoms with Gasteiger partial charge in [0.25, 0.3) is 0 Å². The summed E-state index contributed by atoms with van der Waals surface area (Å²) in [7, 11) is 1.74. The molecular formula is C8H9N3OS. The largest absolute Gasteiger partial charge is 0.341 e. The lowest BCUT2D eigenvalue weighted by Gasteiger charge is -2.07. The molecule has 0 fully saturated rings. The molecule has 4 nitrogen and oxygen atoms in total. The van der Waals surface area contributed by atoms with Crippen molar-refractivity contribution in [2.24, 2.45) is 0 Å². The van der Waals surface area contributed by atoms with Crippen LogP contribution in [0.1, 0.15) is 5.82 Å². The third-order valence-corrected chi connectivity index (χ3v) is 2.61. The summed E-state index contributed by atoms with van der Waals surface area (Å²) < 4.78 is 1.99. The van der Waals surface area contributed by atoms with Crippen molar-refractivity contribution in [3.63, 3.8) is 0 Å². The highest BCUT2D eigenvalue weighted by Gasteiger charge is 2.05. The second-order valence-electron chi connectivity index (χ2n) is 2.81. The molecule has 68 valence electrons. The Balaban J connectivity index is 2.32. The van der Waals surface area contributed by atoms with Crippen LogP contribution in [0.5, 0.6) is 0 Å². The molecule has 2 aromatic heterocycles. The SMILES string of the molecule is CN(C=O)Cc1ncc2sccn12. The van der Waals surface area contributed by atoms with Crippen molar-refractivity contribution in [3.05, 3.63) is 23.6 Å². The molecule has 0 radical (unpaired) electrons. The molecular weight excluding hydrogens is 186 g/mol. The molecule has 5 heteroatoms. The Hall–Kier alpha value is -1.36. The summed E-state index contributed by atoms with van der Waals surface area (Å²) in [4.78, 5) is 17.3. The number of fused-ring (bicyclic) bond motifs is 1. The van der Waals surface area contributed by atoms with Crippen LogP contribution in [0.2, 0.25) is 0 Å². The predicted molar refractivity (Wildman–Crippen MR) is 50.6 cm³/mol. The first-order valence-electron chi connectivity index (χ1n) is 3.86. The Kier molecular flexibility index (Phi) is 2.02. The quantitative estimate of drug-likeness (QED) is 0.685. The third-order valence-electron chi connectivity index (χ3n) is 1.81. The van der Waals surface area contributed by atoms with Crippen molar-refractivity contribution in [1.82, 2.24) is 14.3 Å². The summed E-state index contributed by atoms with van der Waals surface area (Å²) in [6.07, 6.45) is 4.58. The maximum absolute atomic E-state index is 10.4. The van der Waals surface area contributed by atoms with Gasteiger partial charge in [-0.05, 0) is 0 Å². The van der Waals surface area contributed by atoms with Crippen molar-refractivity contribution in [2.75, 3.05) is 7.05 Å². The molecule has 1 amide bonds. The average molecular weight is 195 g/mol. The minimum Gasteiger partial charge on any atom is -0.341 e. The molecule has 0 aliphatic carbocycles. The van der Waals surface area contributed by atoms with Gasteiger partial charge in [0.15, 0.2) is 0 Å². The zero-order valence-corrected chi connectivity index (χ0v) is 7.99. The van der Waals surface area contributed by atoms with E-state index in [2.05, 4.69) is 4.98 Å². The standard InChI is InChI=1S/C8H9N3OS/c1-10(6-12)5-7-9-4-8-11(7)2-3-13-8/h2-4,6H,5H2,1H3. The van der Waals surface area contributed by atoms with Gasteiger partial charge in [-0.2, -0.15) is 0 Å². The third kappa shape index (κ3) is 1.42. The number of carbonyl (C=O) groups excluding carboxylic acids is 1. The summed E-state index contributed by atoms with van der Waals surface area (Å²) >= 11 is 1.64. The van der Waals surface area contributed by atoms with Crippen LogP contribution < -0.4 is 0 Å². The Morgan fingerprint density at radius 2 is 2.62 bits per heavy atom. The zero-order chi connectivity index (χ0) is 9.26. The molecule has 0 aromatic carbocycles. The summed E-state index contributed by atoms with van der Waals surface area (Å²) in [6, 6.07) is 0. The molecule has 0 aliphatic heterocycles. The number of aromatic nitrogens is 2. The van der Waals surface area contributed by atoms with Gasteiger partial charge in [0.05, 0.1) is 12.7 Å². The Labute approximate surface area is 79.4 Å².